The second-order valence-electron chi connectivity index (χ2n) is 7.25. The average Bonchev–Trinajstić information content (AvgIpc) is 3.17. The number of nitrogens with one attached hydrogen (secondary N) is 1. The molecule has 27 heavy (non-hydrogen) atoms. The van der Waals surface area contributed by atoms with Gasteiger partial charge in [-0.1, -0.05) is 19.1 Å². The van der Waals surface area contributed by atoms with Crippen molar-refractivity contribution < 1.29 is 14.3 Å². The Morgan fingerprint density at radius 1 is 1.11 bits per heavy atom. The minimum absolute atomic E-state index is 0.136. The van der Waals surface area contributed by atoms with Crippen molar-refractivity contribution in [2.24, 2.45) is 0 Å². The van der Waals surface area contributed by atoms with Crippen LogP contribution >= 0.6 is 0 Å². The molecule has 144 valence electrons. The number of benzene rings is 2. The quantitative estimate of drug-likeness (QED) is 0.711. The summed E-state index contributed by atoms with van der Waals surface area (Å²) in [5.41, 5.74) is 2.97. The van der Waals surface area contributed by atoms with Crippen LogP contribution < -0.4 is 14.8 Å². The molecule has 1 atom stereocenters. The van der Waals surface area contributed by atoms with Crippen molar-refractivity contribution in [2.45, 2.75) is 65.1 Å². The third-order valence-electron chi connectivity index (χ3n) is 5.21. The van der Waals surface area contributed by atoms with Gasteiger partial charge in [0.25, 0.3) is 5.91 Å². The molecular weight excluding hydrogens is 338 g/mol. The molecule has 0 radical (unpaired) electrons. The Balaban J connectivity index is 1.59. The molecule has 0 heterocycles. The Bertz CT molecular complexity index is 764. The van der Waals surface area contributed by atoms with Gasteiger partial charge in [0, 0.05) is 5.69 Å². The first-order valence-corrected chi connectivity index (χ1v) is 9.87. The van der Waals surface area contributed by atoms with Crippen molar-refractivity contribution in [3.05, 3.63) is 53.6 Å². The molecule has 0 spiro atoms. The zero-order valence-corrected chi connectivity index (χ0v) is 16.5. The summed E-state index contributed by atoms with van der Waals surface area (Å²) in [5, 5.41) is 2.95. The molecule has 0 saturated heterocycles. The first kappa shape index (κ1) is 19.3. The Kier molecular flexibility index (Phi) is 6.38. The van der Waals surface area contributed by atoms with Gasteiger partial charge in [0.1, 0.15) is 11.5 Å². The van der Waals surface area contributed by atoms with Gasteiger partial charge in [-0.15, -0.1) is 0 Å². The highest BCUT2D eigenvalue weighted by atomic mass is 16.5. The van der Waals surface area contributed by atoms with E-state index in [1.807, 2.05) is 63.2 Å². The summed E-state index contributed by atoms with van der Waals surface area (Å²) in [4.78, 5) is 12.6. The minimum Gasteiger partial charge on any atom is -0.490 e. The van der Waals surface area contributed by atoms with E-state index in [4.69, 9.17) is 9.47 Å². The van der Waals surface area contributed by atoms with E-state index in [0.717, 1.165) is 41.2 Å². The second kappa shape index (κ2) is 8.94. The molecular formula is C23H29NO3. The van der Waals surface area contributed by atoms with Crippen molar-refractivity contribution >= 4 is 11.6 Å². The van der Waals surface area contributed by atoms with Crippen LogP contribution in [0.4, 0.5) is 5.69 Å². The van der Waals surface area contributed by atoms with E-state index in [0.29, 0.717) is 12.5 Å². The van der Waals surface area contributed by atoms with Crippen LogP contribution in [0.2, 0.25) is 0 Å². The van der Waals surface area contributed by atoms with E-state index in [9.17, 15) is 4.79 Å². The molecule has 3 rings (SSSR count). The minimum atomic E-state index is -0.528. The van der Waals surface area contributed by atoms with Gasteiger partial charge in [-0.25, -0.2) is 0 Å². The highest BCUT2D eigenvalue weighted by molar-refractivity contribution is 5.94. The van der Waals surface area contributed by atoms with Gasteiger partial charge in [0.2, 0.25) is 0 Å². The number of hydrogen-bond donors (Lipinski definition) is 1. The van der Waals surface area contributed by atoms with E-state index in [1.54, 1.807) is 0 Å². The molecule has 1 N–H and O–H groups in total. The van der Waals surface area contributed by atoms with Crippen LogP contribution in [-0.2, 0) is 4.79 Å². The van der Waals surface area contributed by atoms with Crippen LogP contribution in [-0.4, -0.2) is 18.1 Å². The first-order valence-electron chi connectivity index (χ1n) is 9.87. The molecule has 2 aromatic rings. The van der Waals surface area contributed by atoms with Crippen molar-refractivity contribution in [2.75, 3.05) is 5.32 Å². The second-order valence-corrected chi connectivity index (χ2v) is 7.25. The van der Waals surface area contributed by atoms with E-state index >= 15 is 0 Å². The first-order chi connectivity index (χ1) is 13.1. The van der Waals surface area contributed by atoms with Gasteiger partial charge in [0.05, 0.1) is 6.10 Å². The maximum atomic E-state index is 12.6. The van der Waals surface area contributed by atoms with E-state index in [-0.39, 0.29) is 5.91 Å². The SMILES string of the molecule is CC[C@H](Oc1cccc(C)c1C)C(=O)Nc1ccc(OC2CCCC2)cc1. The molecule has 2 aromatic carbocycles. The summed E-state index contributed by atoms with van der Waals surface area (Å²) in [5.74, 6) is 1.48. The standard InChI is InChI=1S/C23H29NO3/c1-4-21(27-22-11-7-8-16(2)17(22)3)23(25)24-18-12-14-20(15-13-18)26-19-9-5-6-10-19/h7-8,11-15,19,21H,4-6,9-10H2,1-3H3,(H,24,25)/t21-/m0/s1. The maximum Gasteiger partial charge on any atom is 0.265 e. The lowest BCUT2D eigenvalue weighted by Gasteiger charge is -2.19. The molecule has 1 fully saturated rings. The lowest BCUT2D eigenvalue weighted by atomic mass is 10.1. The fraction of sp³-hybridized carbons (Fsp3) is 0.435. The highest BCUT2D eigenvalue weighted by Gasteiger charge is 2.20. The van der Waals surface area contributed by atoms with Gasteiger partial charge < -0.3 is 14.8 Å². The average molecular weight is 367 g/mol. The molecule has 4 heteroatoms. The maximum absolute atomic E-state index is 12.6. The Hall–Kier alpha value is -2.49. The predicted octanol–water partition coefficient (Wildman–Crippen LogP) is 5.42. The highest BCUT2D eigenvalue weighted by Crippen LogP contribution is 2.26. The molecule has 1 aliphatic carbocycles. The summed E-state index contributed by atoms with van der Waals surface area (Å²) in [6.45, 7) is 6.00. The topological polar surface area (TPSA) is 47.6 Å². The number of carbonyl (C=O) groups excluding carboxylic acids is 1. The Morgan fingerprint density at radius 3 is 2.48 bits per heavy atom. The van der Waals surface area contributed by atoms with Gasteiger partial charge in [-0.3, -0.25) is 4.79 Å². The molecule has 0 bridgehead atoms. The molecule has 4 nitrogen and oxygen atoms in total. The van der Waals surface area contributed by atoms with Crippen LogP contribution in [0.15, 0.2) is 42.5 Å². The summed E-state index contributed by atoms with van der Waals surface area (Å²) in [6, 6.07) is 13.5. The number of ether oxygens (including phenoxy) is 2. The number of amides is 1. The van der Waals surface area contributed by atoms with Crippen molar-refractivity contribution in [3.63, 3.8) is 0 Å². The number of hydrogen-bond acceptors (Lipinski definition) is 3. The van der Waals surface area contributed by atoms with Crippen LogP contribution in [0, 0.1) is 13.8 Å². The third kappa shape index (κ3) is 5.03. The van der Waals surface area contributed by atoms with E-state index in [2.05, 4.69) is 5.32 Å². The smallest absolute Gasteiger partial charge is 0.265 e. The monoisotopic (exact) mass is 367 g/mol. The van der Waals surface area contributed by atoms with E-state index < -0.39 is 6.10 Å². The molecule has 1 aliphatic rings. The Labute approximate surface area is 161 Å². The Morgan fingerprint density at radius 2 is 1.81 bits per heavy atom. The zero-order chi connectivity index (χ0) is 19.2. The number of aryl methyl sites for hydroxylation is 1. The van der Waals surface area contributed by atoms with Crippen molar-refractivity contribution in [1.82, 2.24) is 0 Å². The lowest BCUT2D eigenvalue weighted by molar-refractivity contribution is -0.122. The zero-order valence-electron chi connectivity index (χ0n) is 16.5. The molecule has 1 saturated carbocycles. The van der Waals surface area contributed by atoms with Crippen molar-refractivity contribution in [1.29, 1.82) is 0 Å². The van der Waals surface area contributed by atoms with Gasteiger partial charge >= 0.3 is 0 Å². The number of rotatable bonds is 7. The van der Waals surface area contributed by atoms with Crippen molar-refractivity contribution in [3.8, 4) is 11.5 Å². The largest absolute Gasteiger partial charge is 0.490 e. The normalized spacial score (nSPS) is 15.4. The van der Waals surface area contributed by atoms with Crippen LogP contribution in [0.5, 0.6) is 11.5 Å². The molecule has 0 unspecified atom stereocenters. The van der Waals surface area contributed by atoms with Gasteiger partial charge in [-0.2, -0.15) is 0 Å². The summed E-state index contributed by atoms with van der Waals surface area (Å²) >= 11 is 0. The summed E-state index contributed by atoms with van der Waals surface area (Å²) < 4.78 is 12.0. The molecule has 0 aliphatic heterocycles. The van der Waals surface area contributed by atoms with Crippen LogP contribution in [0.1, 0.15) is 50.2 Å². The van der Waals surface area contributed by atoms with Crippen LogP contribution in [0.3, 0.4) is 0 Å². The van der Waals surface area contributed by atoms with E-state index in [1.165, 1.54) is 12.8 Å². The van der Waals surface area contributed by atoms with Gasteiger partial charge in [0.15, 0.2) is 6.10 Å². The fourth-order valence-electron chi connectivity index (χ4n) is 3.37. The third-order valence-corrected chi connectivity index (χ3v) is 5.21. The lowest BCUT2D eigenvalue weighted by Crippen LogP contribution is -2.32. The predicted molar refractivity (Wildman–Crippen MR) is 109 cm³/mol. The fourth-order valence-corrected chi connectivity index (χ4v) is 3.37. The molecule has 0 aromatic heterocycles. The summed E-state index contributed by atoms with van der Waals surface area (Å²) in [7, 11) is 0. The molecule has 1 amide bonds. The number of carbonyl (C=O) groups is 1. The van der Waals surface area contributed by atoms with Crippen LogP contribution in [0.25, 0.3) is 0 Å². The number of anilines is 1. The van der Waals surface area contributed by atoms with Gasteiger partial charge in [-0.05, 0) is 87.4 Å². The summed E-state index contributed by atoms with van der Waals surface area (Å²) in [6.07, 6.45) is 5.16.